The summed E-state index contributed by atoms with van der Waals surface area (Å²) < 4.78 is 11.0. The predicted molar refractivity (Wildman–Crippen MR) is 139 cm³/mol. The largest absolute Gasteiger partial charge is 0.495 e. The maximum absolute atomic E-state index is 12.6. The molecule has 182 valence electrons. The molecule has 2 aromatic heterocycles. The molecule has 36 heavy (non-hydrogen) atoms. The lowest BCUT2D eigenvalue weighted by Crippen LogP contribution is -2.14. The number of methoxy groups -OCH3 is 2. The van der Waals surface area contributed by atoms with Gasteiger partial charge in [0.2, 0.25) is 0 Å². The number of hydrogen-bond donors (Lipinski definition) is 2. The molecule has 0 aliphatic heterocycles. The first-order valence-electron chi connectivity index (χ1n) is 10.6. The minimum Gasteiger partial charge on any atom is -0.495 e. The van der Waals surface area contributed by atoms with Crippen LogP contribution in [-0.4, -0.2) is 36.0 Å². The van der Waals surface area contributed by atoms with E-state index in [4.69, 9.17) is 32.7 Å². The SMILES string of the molecule is COc1cc(-c2ccc(NC(=O)c3cccnc3Cl)c(OC)c2)ccc1NC(=O)c1cccnc1Cl. The molecule has 0 saturated carbocycles. The number of aromatic nitrogens is 2. The van der Waals surface area contributed by atoms with Crippen molar-refractivity contribution in [2.75, 3.05) is 24.9 Å². The second-order valence-electron chi connectivity index (χ2n) is 7.42. The summed E-state index contributed by atoms with van der Waals surface area (Å²) in [6.07, 6.45) is 3.01. The Kier molecular flexibility index (Phi) is 7.68. The molecule has 0 radical (unpaired) electrons. The first kappa shape index (κ1) is 25.0. The van der Waals surface area contributed by atoms with Gasteiger partial charge in [0.25, 0.3) is 11.8 Å². The molecule has 0 unspecified atom stereocenters. The van der Waals surface area contributed by atoms with Crippen molar-refractivity contribution in [3.63, 3.8) is 0 Å². The Labute approximate surface area is 217 Å². The minimum atomic E-state index is -0.408. The summed E-state index contributed by atoms with van der Waals surface area (Å²) >= 11 is 12.1. The van der Waals surface area contributed by atoms with Gasteiger partial charge >= 0.3 is 0 Å². The third kappa shape index (κ3) is 5.40. The van der Waals surface area contributed by atoms with Crippen LogP contribution in [0.2, 0.25) is 10.3 Å². The lowest BCUT2D eigenvalue weighted by molar-refractivity contribution is 0.101. The molecular formula is C26H20Cl2N4O4. The van der Waals surface area contributed by atoms with Gasteiger partial charge in [0.05, 0.1) is 36.7 Å². The number of nitrogens with one attached hydrogen (secondary N) is 2. The molecule has 0 aliphatic carbocycles. The first-order chi connectivity index (χ1) is 17.4. The predicted octanol–water partition coefficient (Wildman–Crippen LogP) is 5.97. The summed E-state index contributed by atoms with van der Waals surface area (Å²) in [5, 5.41) is 5.80. The smallest absolute Gasteiger partial charge is 0.258 e. The van der Waals surface area contributed by atoms with Gasteiger partial charge in [-0.25, -0.2) is 9.97 Å². The normalized spacial score (nSPS) is 10.4. The van der Waals surface area contributed by atoms with Crippen LogP contribution in [0.25, 0.3) is 11.1 Å². The molecule has 2 N–H and O–H groups in total. The van der Waals surface area contributed by atoms with Crippen LogP contribution < -0.4 is 20.1 Å². The molecule has 2 aromatic carbocycles. The fourth-order valence-electron chi connectivity index (χ4n) is 3.44. The zero-order valence-electron chi connectivity index (χ0n) is 19.2. The van der Waals surface area contributed by atoms with Crippen molar-refractivity contribution in [1.82, 2.24) is 9.97 Å². The number of nitrogens with zero attached hydrogens (tertiary/aromatic N) is 2. The highest BCUT2D eigenvalue weighted by atomic mass is 35.5. The van der Waals surface area contributed by atoms with E-state index >= 15 is 0 Å². The molecule has 0 saturated heterocycles. The number of halogens is 2. The molecule has 0 fully saturated rings. The van der Waals surface area contributed by atoms with Crippen molar-refractivity contribution in [2.24, 2.45) is 0 Å². The standard InChI is InChI=1S/C26H20Cl2N4O4/c1-35-21-13-15(7-9-19(21)31-25(33)17-5-3-11-29-23(17)27)16-8-10-20(22(14-16)36-2)32-26(34)18-6-4-12-30-24(18)28/h3-14H,1-2H3,(H,31,33)(H,32,34). The van der Waals surface area contributed by atoms with Crippen LogP contribution >= 0.6 is 23.2 Å². The topological polar surface area (TPSA) is 102 Å². The monoisotopic (exact) mass is 522 g/mol. The number of pyridine rings is 2. The van der Waals surface area contributed by atoms with E-state index < -0.39 is 11.8 Å². The van der Waals surface area contributed by atoms with Gasteiger partial charge < -0.3 is 20.1 Å². The van der Waals surface area contributed by atoms with Crippen LogP contribution in [-0.2, 0) is 0 Å². The number of carbonyl (C=O) groups is 2. The van der Waals surface area contributed by atoms with Crippen LogP contribution in [0.3, 0.4) is 0 Å². The van der Waals surface area contributed by atoms with Crippen molar-refractivity contribution < 1.29 is 19.1 Å². The van der Waals surface area contributed by atoms with Gasteiger partial charge in [-0.3, -0.25) is 9.59 Å². The molecule has 2 amide bonds. The summed E-state index contributed by atoms with van der Waals surface area (Å²) in [6.45, 7) is 0. The molecule has 4 rings (SSSR count). The average molecular weight is 523 g/mol. The first-order valence-corrected chi connectivity index (χ1v) is 11.4. The maximum Gasteiger partial charge on any atom is 0.258 e. The quantitative estimate of drug-likeness (QED) is 0.290. The zero-order chi connectivity index (χ0) is 25.7. The molecule has 0 atom stereocenters. The molecule has 10 heteroatoms. The van der Waals surface area contributed by atoms with Crippen molar-refractivity contribution in [3.05, 3.63) is 94.5 Å². The van der Waals surface area contributed by atoms with Crippen LogP contribution in [0.15, 0.2) is 73.1 Å². The highest BCUT2D eigenvalue weighted by Crippen LogP contribution is 2.35. The molecule has 0 bridgehead atoms. The van der Waals surface area contributed by atoms with Gasteiger partial charge in [0.1, 0.15) is 21.8 Å². The van der Waals surface area contributed by atoms with Crippen molar-refractivity contribution in [3.8, 4) is 22.6 Å². The van der Waals surface area contributed by atoms with Crippen molar-refractivity contribution in [1.29, 1.82) is 0 Å². The van der Waals surface area contributed by atoms with Crippen LogP contribution in [0, 0.1) is 0 Å². The molecule has 8 nitrogen and oxygen atoms in total. The Balaban J connectivity index is 1.58. The van der Waals surface area contributed by atoms with Crippen LogP contribution in [0.4, 0.5) is 11.4 Å². The third-order valence-electron chi connectivity index (χ3n) is 5.24. The number of hydrogen-bond acceptors (Lipinski definition) is 6. The van der Waals surface area contributed by atoms with E-state index in [0.29, 0.717) is 22.9 Å². The van der Waals surface area contributed by atoms with Gasteiger partial charge in [0, 0.05) is 12.4 Å². The summed E-state index contributed by atoms with van der Waals surface area (Å²) in [6, 6.07) is 17.1. The van der Waals surface area contributed by atoms with Crippen molar-refractivity contribution in [2.45, 2.75) is 0 Å². The van der Waals surface area contributed by atoms with E-state index in [1.807, 2.05) is 12.1 Å². The number of carbonyl (C=O) groups excluding carboxylic acids is 2. The number of anilines is 2. The van der Waals surface area contributed by atoms with Crippen LogP contribution in [0.5, 0.6) is 11.5 Å². The summed E-state index contributed by atoms with van der Waals surface area (Å²) in [4.78, 5) is 33.1. The highest BCUT2D eigenvalue weighted by molar-refractivity contribution is 6.33. The lowest BCUT2D eigenvalue weighted by Gasteiger charge is -2.15. The Hall–Kier alpha value is -4.14. The Morgan fingerprint density at radius 2 is 1.11 bits per heavy atom. The number of rotatable bonds is 7. The number of benzene rings is 2. The molecule has 0 aliphatic rings. The van der Waals surface area contributed by atoms with E-state index in [1.54, 1.807) is 48.5 Å². The molecule has 2 heterocycles. The van der Waals surface area contributed by atoms with Gasteiger partial charge in [-0.1, -0.05) is 35.3 Å². The molecule has 4 aromatic rings. The van der Waals surface area contributed by atoms with Gasteiger partial charge in [-0.2, -0.15) is 0 Å². The number of amides is 2. The summed E-state index contributed by atoms with van der Waals surface area (Å²) in [5.41, 5.74) is 3.04. The fourth-order valence-corrected chi connectivity index (χ4v) is 3.85. The van der Waals surface area contributed by atoms with Gasteiger partial charge in [-0.15, -0.1) is 0 Å². The Morgan fingerprint density at radius 3 is 1.47 bits per heavy atom. The second kappa shape index (κ2) is 11.1. The fraction of sp³-hybridized carbons (Fsp3) is 0.0769. The maximum atomic E-state index is 12.6. The zero-order valence-corrected chi connectivity index (χ0v) is 20.7. The van der Waals surface area contributed by atoms with Gasteiger partial charge in [-0.05, 0) is 59.7 Å². The lowest BCUT2D eigenvalue weighted by atomic mass is 10.0. The Bertz CT molecular complexity index is 1340. The third-order valence-corrected chi connectivity index (χ3v) is 5.84. The summed E-state index contributed by atoms with van der Waals surface area (Å²) in [7, 11) is 3.02. The molecule has 0 spiro atoms. The van der Waals surface area contributed by atoms with E-state index in [-0.39, 0.29) is 21.4 Å². The van der Waals surface area contributed by atoms with E-state index in [2.05, 4.69) is 20.6 Å². The Morgan fingerprint density at radius 1 is 0.694 bits per heavy atom. The highest BCUT2D eigenvalue weighted by Gasteiger charge is 2.16. The van der Waals surface area contributed by atoms with Crippen molar-refractivity contribution >= 4 is 46.4 Å². The second-order valence-corrected chi connectivity index (χ2v) is 8.14. The summed E-state index contributed by atoms with van der Waals surface area (Å²) in [5.74, 6) is 0.0797. The van der Waals surface area contributed by atoms with E-state index in [0.717, 1.165) is 11.1 Å². The van der Waals surface area contributed by atoms with Crippen LogP contribution in [0.1, 0.15) is 20.7 Å². The number of ether oxygens (including phenoxy) is 2. The van der Waals surface area contributed by atoms with E-state index in [1.165, 1.54) is 26.6 Å². The van der Waals surface area contributed by atoms with Gasteiger partial charge in [0.15, 0.2) is 0 Å². The van der Waals surface area contributed by atoms with E-state index in [9.17, 15) is 9.59 Å². The molecular weight excluding hydrogens is 503 g/mol. The average Bonchev–Trinajstić information content (AvgIpc) is 2.89. The minimum absolute atomic E-state index is 0.107.